The molecule has 0 aromatic rings. The minimum absolute atomic E-state index is 0.266. The molecule has 0 bridgehead atoms. The van der Waals surface area contributed by atoms with Gasteiger partial charge in [0, 0.05) is 6.92 Å². The molecule has 0 aromatic heterocycles. The zero-order chi connectivity index (χ0) is 15.5. The number of allylic oxidation sites excluding steroid dienone is 4. The van der Waals surface area contributed by atoms with Gasteiger partial charge in [0.15, 0.2) is 0 Å². The lowest BCUT2D eigenvalue weighted by molar-refractivity contribution is -0.143. The van der Waals surface area contributed by atoms with Crippen LogP contribution in [0.3, 0.4) is 0 Å². The lowest BCUT2D eigenvalue weighted by Gasteiger charge is -2.16. The summed E-state index contributed by atoms with van der Waals surface area (Å²) in [5, 5.41) is 0. The van der Waals surface area contributed by atoms with Gasteiger partial charge < -0.3 is 4.74 Å². The van der Waals surface area contributed by atoms with Gasteiger partial charge in [0.05, 0.1) is 5.88 Å². The maximum atomic E-state index is 10.9. The zero-order valence-corrected chi connectivity index (χ0v) is 13.9. The molecule has 1 atom stereocenters. The van der Waals surface area contributed by atoms with Gasteiger partial charge in [-0.2, -0.15) is 0 Å². The summed E-state index contributed by atoms with van der Waals surface area (Å²) in [5.41, 5.74) is 3.62. The van der Waals surface area contributed by atoms with Crippen LogP contribution in [0.4, 0.5) is 0 Å². The summed E-state index contributed by atoms with van der Waals surface area (Å²) in [6.45, 7) is 11.7. The Bertz CT molecular complexity index is 376. The predicted octanol–water partition coefficient (Wildman–Crippen LogP) is 5.19. The second-order valence-corrected chi connectivity index (χ2v) is 5.63. The van der Waals surface area contributed by atoms with Crippen molar-refractivity contribution in [2.24, 2.45) is 0 Å². The van der Waals surface area contributed by atoms with E-state index in [0.29, 0.717) is 0 Å². The summed E-state index contributed by atoms with van der Waals surface area (Å²) in [7, 11) is 0. The van der Waals surface area contributed by atoms with E-state index >= 15 is 0 Å². The number of esters is 1. The van der Waals surface area contributed by atoms with E-state index in [4.69, 9.17) is 16.3 Å². The number of rotatable bonds is 9. The van der Waals surface area contributed by atoms with Gasteiger partial charge in [-0.05, 0) is 52.0 Å². The Morgan fingerprint density at radius 3 is 2.25 bits per heavy atom. The van der Waals surface area contributed by atoms with Gasteiger partial charge >= 0.3 is 5.97 Å². The lowest BCUT2D eigenvalue weighted by atomic mass is 10.0. The molecule has 0 aromatic carbocycles. The Hall–Kier alpha value is -1.02. The van der Waals surface area contributed by atoms with E-state index < -0.39 is 0 Å². The quantitative estimate of drug-likeness (QED) is 0.333. The Morgan fingerprint density at radius 2 is 1.75 bits per heavy atom. The van der Waals surface area contributed by atoms with Crippen molar-refractivity contribution in [1.82, 2.24) is 0 Å². The minimum Gasteiger partial charge on any atom is -0.457 e. The van der Waals surface area contributed by atoms with E-state index in [2.05, 4.69) is 39.5 Å². The van der Waals surface area contributed by atoms with Crippen LogP contribution in [0.25, 0.3) is 0 Å². The van der Waals surface area contributed by atoms with Crippen molar-refractivity contribution in [3.63, 3.8) is 0 Å². The Kier molecular flexibility index (Phi) is 10.2. The number of hydrogen-bond acceptors (Lipinski definition) is 2. The third-order valence-corrected chi connectivity index (χ3v) is 3.23. The topological polar surface area (TPSA) is 26.3 Å². The molecule has 114 valence electrons. The van der Waals surface area contributed by atoms with Crippen LogP contribution in [-0.4, -0.2) is 18.0 Å². The van der Waals surface area contributed by atoms with Gasteiger partial charge in [0.25, 0.3) is 0 Å². The molecule has 2 nitrogen and oxygen atoms in total. The predicted molar refractivity (Wildman–Crippen MR) is 87.1 cm³/mol. The fourth-order valence-corrected chi connectivity index (χ4v) is 2.06. The van der Waals surface area contributed by atoms with Crippen LogP contribution in [0.1, 0.15) is 53.4 Å². The molecule has 0 amide bonds. The largest absolute Gasteiger partial charge is 0.457 e. The van der Waals surface area contributed by atoms with E-state index in [1.54, 1.807) is 0 Å². The van der Waals surface area contributed by atoms with Crippen LogP contribution in [0, 0.1) is 0 Å². The van der Waals surface area contributed by atoms with Crippen LogP contribution >= 0.6 is 11.6 Å². The standard InChI is InChI=1S/C17H27ClO2/c1-13(2)8-6-9-14(3)10-7-11-15(4)17(12-18)20-16(5)19/h8,10,17H,4,6-7,9,11-12H2,1-3,5H3/b14-10+. The molecule has 20 heavy (non-hydrogen) atoms. The molecule has 0 aliphatic rings. The van der Waals surface area contributed by atoms with Crippen molar-refractivity contribution >= 4 is 17.6 Å². The molecule has 0 fully saturated rings. The molecule has 0 spiro atoms. The molecule has 0 aliphatic heterocycles. The summed E-state index contributed by atoms with van der Waals surface area (Å²) in [4.78, 5) is 10.9. The fraction of sp³-hybridized carbons (Fsp3) is 0.588. The summed E-state index contributed by atoms with van der Waals surface area (Å²) in [6.07, 6.45) is 7.99. The highest BCUT2D eigenvalue weighted by molar-refractivity contribution is 6.18. The second-order valence-electron chi connectivity index (χ2n) is 5.32. The van der Waals surface area contributed by atoms with Crippen LogP contribution in [-0.2, 0) is 9.53 Å². The highest BCUT2D eigenvalue weighted by Crippen LogP contribution is 2.16. The van der Waals surface area contributed by atoms with Gasteiger partial charge in [-0.1, -0.05) is 29.9 Å². The number of hydrogen-bond donors (Lipinski definition) is 0. The average Bonchev–Trinajstić information content (AvgIpc) is 2.35. The smallest absolute Gasteiger partial charge is 0.303 e. The number of halogens is 1. The van der Waals surface area contributed by atoms with Gasteiger partial charge in [0.2, 0.25) is 0 Å². The third-order valence-electron chi connectivity index (χ3n) is 2.95. The van der Waals surface area contributed by atoms with E-state index in [-0.39, 0.29) is 18.0 Å². The zero-order valence-electron chi connectivity index (χ0n) is 13.2. The van der Waals surface area contributed by atoms with Crippen molar-refractivity contribution in [1.29, 1.82) is 0 Å². The van der Waals surface area contributed by atoms with Crippen LogP contribution < -0.4 is 0 Å². The van der Waals surface area contributed by atoms with E-state index in [1.165, 1.54) is 18.1 Å². The van der Waals surface area contributed by atoms with Crippen molar-refractivity contribution in [3.8, 4) is 0 Å². The minimum atomic E-state index is -0.367. The van der Waals surface area contributed by atoms with E-state index in [1.807, 2.05) is 0 Å². The molecule has 1 unspecified atom stereocenters. The fourth-order valence-electron chi connectivity index (χ4n) is 1.78. The van der Waals surface area contributed by atoms with Crippen molar-refractivity contribution in [2.45, 2.75) is 59.5 Å². The average molecular weight is 299 g/mol. The maximum Gasteiger partial charge on any atom is 0.303 e. The Labute approximate surface area is 128 Å². The molecule has 3 heteroatoms. The molecular weight excluding hydrogens is 272 g/mol. The van der Waals surface area contributed by atoms with Crippen molar-refractivity contribution < 1.29 is 9.53 Å². The van der Waals surface area contributed by atoms with Crippen LogP contribution in [0.5, 0.6) is 0 Å². The first-order chi connectivity index (χ1) is 9.36. The monoisotopic (exact) mass is 298 g/mol. The summed E-state index contributed by atoms with van der Waals surface area (Å²) < 4.78 is 5.11. The summed E-state index contributed by atoms with van der Waals surface area (Å²) >= 11 is 5.79. The number of ether oxygens (including phenoxy) is 1. The van der Waals surface area contributed by atoms with E-state index in [9.17, 15) is 4.79 Å². The highest BCUT2D eigenvalue weighted by atomic mass is 35.5. The maximum absolute atomic E-state index is 10.9. The first kappa shape index (κ1) is 19.0. The summed E-state index contributed by atoms with van der Waals surface area (Å²) in [6, 6.07) is 0. The molecule has 0 rings (SSSR count). The second kappa shape index (κ2) is 10.7. The van der Waals surface area contributed by atoms with Gasteiger partial charge in [0.1, 0.15) is 6.10 Å². The molecular formula is C17H27ClO2. The number of alkyl halides is 1. The normalized spacial score (nSPS) is 12.8. The van der Waals surface area contributed by atoms with Crippen LogP contribution in [0.2, 0.25) is 0 Å². The van der Waals surface area contributed by atoms with Gasteiger partial charge in [-0.3, -0.25) is 4.79 Å². The molecule has 0 N–H and O–H groups in total. The van der Waals surface area contributed by atoms with Crippen molar-refractivity contribution in [2.75, 3.05) is 5.88 Å². The highest BCUT2D eigenvalue weighted by Gasteiger charge is 2.13. The Balaban J connectivity index is 4.10. The number of carbonyl (C=O) groups is 1. The van der Waals surface area contributed by atoms with E-state index in [0.717, 1.165) is 31.3 Å². The molecule has 0 aliphatic carbocycles. The molecule has 0 radical (unpaired) electrons. The molecule has 0 saturated carbocycles. The van der Waals surface area contributed by atoms with Crippen molar-refractivity contribution in [3.05, 3.63) is 35.5 Å². The Morgan fingerprint density at radius 1 is 1.15 bits per heavy atom. The first-order valence-corrected chi connectivity index (χ1v) is 7.60. The molecule has 0 heterocycles. The summed E-state index contributed by atoms with van der Waals surface area (Å²) in [5.74, 6) is -0.0490. The first-order valence-electron chi connectivity index (χ1n) is 7.06. The third kappa shape index (κ3) is 9.85. The SMILES string of the molecule is C=C(CC/C=C(\C)CCC=C(C)C)C(CCl)OC(C)=O. The lowest BCUT2D eigenvalue weighted by Crippen LogP contribution is -2.20. The van der Waals surface area contributed by atoms with Crippen LogP contribution in [0.15, 0.2) is 35.5 Å². The number of carbonyl (C=O) groups excluding carboxylic acids is 1. The molecule has 0 saturated heterocycles. The van der Waals surface area contributed by atoms with Gasteiger partial charge in [-0.15, -0.1) is 11.6 Å². The van der Waals surface area contributed by atoms with Gasteiger partial charge in [-0.25, -0.2) is 0 Å².